The van der Waals surface area contributed by atoms with Crippen molar-refractivity contribution < 1.29 is 14.6 Å². The van der Waals surface area contributed by atoms with Crippen molar-refractivity contribution in [3.63, 3.8) is 0 Å². The summed E-state index contributed by atoms with van der Waals surface area (Å²) in [6.45, 7) is 0.228. The Hall–Kier alpha value is -4.29. The maximum absolute atomic E-state index is 12.4. The molecule has 0 saturated heterocycles. The van der Waals surface area contributed by atoms with Gasteiger partial charge in [0, 0.05) is 17.3 Å². The molecule has 0 heterocycles. The third kappa shape index (κ3) is 4.66. The zero-order valence-electron chi connectivity index (χ0n) is 14.7. The number of amides is 1. The molecule has 0 aromatic heterocycles. The van der Waals surface area contributed by atoms with Gasteiger partial charge < -0.3 is 15.2 Å². The molecular weight excluding hydrogens is 354 g/mol. The highest BCUT2D eigenvalue weighted by Crippen LogP contribution is 2.24. The van der Waals surface area contributed by atoms with Crippen LogP contribution in [0, 0.1) is 22.7 Å². The van der Waals surface area contributed by atoms with Crippen LogP contribution in [0.3, 0.4) is 0 Å². The summed E-state index contributed by atoms with van der Waals surface area (Å²) >= 11 is 0. The van der Waals surface area contributed by atoms with Gasteiger partial charge in [-0.25, -0.2) is 0 Å². The molecule has 0 spiro atoms. The number of rotatable bonds is 5. The first kappa shape index (κ1) is 18.5. The quantitative estimate of drug-likeness (QED) is 0.708. The van der Waals surface area contributed by atoms with Crippen LogP contribution in [0.4, 0.5) is 5.69 Å². The molecule has 3 aromatic carbocycles. The Bertz CT molecular complexity index is 1080. The molecule has 28 heavy (non-hydrogen) atoms. The molecule has 0 aliphatic rings. The van der Waals surface area contributed by atoms with E-state index in [2.05, 4.69) is 5.32 Å². The van der Waals surface area contributed by atoms with Crippen molar-refractivity contribution in [1.82, 2.24) is 0 Å². The Morgan fingerprint density at radius 3 is 2.14 bits per heavy atom. The zero-order valence-corrected chi connectivity index (χ0v) is 14.7. The van der Waals surface area contributed by atoms with Crippen LogP contribution >= 0.6 is 0 Å². The largest absolute Gasteiger partial charge is 0.508 e. The lowest BCUT2D eigenvalue weighted by atomic mass is 10.1. The summed E-state index contributed by atoms with van der Waals surface area (Å²) in [5.41, 5.74) is 2.68. The van der Waals surface area contributed by atoms with Gasteiger partial charge in [-0.15, -0.1) is 0 Å². The third-order valence-corrected chi connectivity index (χ3v) is 3.91. The highest BCUT2D eigenvalue weighted by Gasteiger charge is 2.10. The number of hydrogen-bond donors (Lipinski definition) is 2. The van der Waals surface area contributed by atoms with E-state index in [0.29, 0.717) is 22.6 Å². The van der Waals surface area contributed by atoms with Crippen LogP contribution < -0.4 is 10.1 Å². The highest BCUT2D eigenvalue weighted by molar-refractivity contribution is 6.04. The fourth-order valence-corrected chi connectivity index (χ4v) is 2.47. The Labute approximate surface area is 161 Å². The Morgan fingerprint density at radius 1 is 0.929 bits per heavy atom. The number of aromatic hydroxyl groups is 1. The Kier molecular flexibility index (Phi) is 5.55. The summed E-state index contributed by atoms with van der Waals surface area (Å²) in [7, 11) is 0. The number of carbonyl (C=O) groups is 1. The molecule has 0 fully saturated rings. The smallest absolute Gasteiger partial charge is 0.255 e. The number of nitriles is 2. The predicted molar refractivity (Wildman–Crippen MR) is 103 cm³/mol. The van der Waals surface area contributed by atoms with Crippen LogP contribution in [0.25, 0.3) is 0 Å². The molecule has 0 radical (unpaired) electrons. The van der Waals surface area contributed by atoms with Gasteiger partial charge in [-0.3, -0.25) is 4.79 Å². The molecule has 6 heteroatoms. The average Bonchev–Trinajstić information content (AvgIpc) is 2.72. The molecule has 0 unspecified atom stereocenters. The molecule has 0 bridgehead atoms. The van der Waals surface area contributed by atoms with Crippen LogP contribution in [0.15, 0.2) is 66.7 Å². The van der Waals surface area contributed by atoms with Crippen molar-refractivity contribution in [3.8, 4) is 23.6 Å². The number of carbonyl (C=O) groups excluding carboxylic acids is 1. The summed E-state index contributed by atoms with van der Waals surface area (Å²) in [6, 6.07) is 21.7. The van der Waals surface area contributed by atoms with Gasteiger partial charge in [0.25, 0.3) is 5.91 Å². The van der Waals surface area contributed by atoms with Gasteiger partial charge in [-0.05, 0) is 54.1 Å². The molecule has 6 nitrogen and oxygen atoms in total. The van der Waals surface area contributed by atoms with Crippen molar-refractivity contribution in [3.05, 3.63) is 89.0 Å². The first-order chi connectivity index (χ1) is 13.6. The second-order valence-corrected chi connectivity index (χ2v) is 5.96. The number of benzene rings is 3. The number of nitrogens with one attached hydrogen (secondary N) is 1. The maximum Gasteiger partial charge on any atom is 0.255 e. The third-order valence-electron chi connectivity index (χ3n) is 3.91. The van der Waals surface area contributed by atoms with E-state index in [0.717, 1.165) is 5.56 Å². The number of phenolic OH excluding ortho intramolecular Hbond substituents is 1. The summed E-state index contributed by atoms with van der Waals surface area (Å²) in [6.07, 6.45) is 0. The average molecular weight is 369 g/mol. The van der Waals surface area contributed by atoms with Crippen LogP contribution in [0.2, 0.25) is 0 Å². The van der Waals surface area contributed by atoms with Gasteiger partial charge in [0.1, 0.15) is 18.1 Å². The fraction of sp³-hybridized carbons (Fsp3) is 0.0455. The van der Waals surface area contributed by atoms with E-state index in [-0.39, 0.29) is 17.9 Å². The topological polar surface area (TPSA) is 106 Å². The van der Waals surface area contributed by atoms with E-state index in [1.807, 2.05) is 12.1 Å². The first-order valence-electron chi connectivity index (χ1n) is 8.35. The van der Waals surface area contributed by atoms with Gasteiger partial charge in [0.05, 0.1) is 23.3 Å². The Morgan fingerprint density at radius 2 is 1.54 bits per heavy atom. The maximum atomic E-state index is 12.4. The minimum atomic E-state index is -0.413. The summed E-state index contributed by atoms with van der Waals surface area (Å²) < 4.78 is 5.66. The molecule has 3 rings (SSSR count). The van der Waals surface area contributed by atoms with Crippen molar-refractivity contribution in [2.24, 2.45) is 0 Å². The molecule has 2 N–H and O–H groups in total. The normalized spacial score (nSPS) is 9.79. The number of anilines is 1. The zero-order chi connectivity index (χ0) is 19.9. The van der Waals surface area contributed by atoms with E-state index in [1.54, 1.807) is 48.5 Å². The van der Waals surface area contributed by atoms with Crippen molar-refractivity contribution in [2.45, 2.75) is 6.61 Å². The highest BCUT2D eigenvalue weighted by atomic mass is 16.5. The van der Waals surface area contributed by atoms with Crippen LogP contribution in [0.1, 0.15) is 27.0 Å². The second kappa shape index (κ2) is 8.39. The van der Waals surface area contributed by atoms with Gasteiger partial charge in [-0.2, -0.15) is 10.5 Å². The lowest BCUT2D eigenvalue weighted by Crippen LogP contribution is -2.12. The minimum Gasteiger partial charge on any atom is -0.508 e. The van der Waals surface area contributed by atoms with Crippen molar-refractivity contribution >= 4 is 11.6 Å². The van der Waals surface area contributed by atoms with Gasteiger partial charge in [0.2, 0.25) is 0 Å². The van der Waals surface area contributed by atoms with E-state index < -0.39 is 5.91 Å². The van der Waals surface area contributed by atoms with Gasteiger partial charge in [-0.1, -0.05) is 12.1 Å². The first-order valence-corrected chi connectivity index (χ1v) is 8.35. The van der Waals surface area contributed by atoms with E-state index in [1.165, 1.54) is 18.2 Å². The predicted octanol–water partition coefficient (Wildman–Crippen LogP) is 3.97. The van der Waals surface area contributed by atoms with Crippen LogP contribution in [-0.2, 0) is 6.61 Å². The SMILES string of the molecule is N#Cc1ccc(COc2cc(O)cc(C(=O)Nc3ccc(C#N)cc3)c2)cc1. The molecule has 0 aliphatic carbocycles. The summed E-state index contributed by atoms with van der Waals surface area (Å²) in [5, 5.41) is 30.3. The summed E-state index contributed by atoms with van der Waals surface area (Å²) in [5.74, 6) is -0.166. The lowest BCUT2D eigenvalue weighted by Gasteiger charge is -2.10. The van der Waals surface area contributed by atoms with Crippen LogP contribution in [-0.4, -0.2) is 11.0 Å². The molecule has 0 aliphatic heterocycles. The van der Waals surface area contributed by atoms with E-state index in [9.17, 15) is 9.90 Å². The van der Waals surface area contributed by atoms with Gasteiger partial charge in [0.15, 0.2) is 0 Å². The minimum absolute atomic E-state index is 0.0951. The molecule has 3 aromatic rings. The van der Waals surface area contributed by atoms with Crippen molar-refractivity contribution in [2.75, 3.05) is 5.32 Å². The Balaban J connectivity index is 1.70. The number of ether oxygens (including phenoxy) is 1. The molecule has 136 valence electrons. The molecule has 1 amide bonds. The van der Waals surface area contributed by atoms with Crippen molar-refractivity contribution in [1.29, 1.82) is 10.5 Å². The van der Waals surface area contributed by atoms with Gasteiger partial charge >= 0.3 is 0 Å². The second-order valence-electron chi connectivity index (χ2n) is 5.96. The monoisotopic (exact) mass is 369 g/mol. The number of hydrogen-bond acceptors (Lipinski definition) is 5. The van der Waals surface area contributed by atoms with E-state index in [4.69, 9.17) is 15.3 Å². The molecule has 0 saturated carbocycles. The lowest BCUT2D eigenvalue weighted by molar-refractivity contribution is 0.102. The summed E-state index contributed by atoms with van der Waals surface area (Å²) in [4.78, 5) is 12.4. The number of nitrogens with zero attached hydrogens (tertiary/aromatic N) is 2. The van der Waals surface area contributed by atoms with E-state index >= 15 is 0 Å². The molecule has 0 atom stereocenters. The molecular formula is C22H15N3O3. The van der Waals surface area contributed by atoms with Crippen LogP contribution in [0.5, 0.6) is 11.5 Å². The fourth-order valence-electron chi connectivity index (χ4n) is 2.47. The standard InChI is InChI=1S/C22H15N3O3/c23-12-15-1-3-17(4-2-15)14-28-21-10-18(9-20(26)11-21)22(27)25-19-7-5-16(13-24)6-8-19/h1-11,26H,14H2,(H,25,27). The number of phenols is 1.